The van der Waals surface area contributed by atoms with E-state index in [4.69, 9.17) is 4.74 Å². The first-order valence-electron chi connectivity index (χ1n) is 28.6. The van der Waals surface area contributed by atoms with Crippen LogP contribution in [0.4, 0.5) is 0 Å². The van der Waals surface area contributed by atoms with Crippen molar-refractivity contribution in [3.05, 3.63) is 24.3 Å². The zero-order valence-corrected chi connectivity index (χ0v) is 43.2. The predicted molar refractivity (Wildman–Crippen MR) is 278 cm³/mol. The van der Waals surface area contributed by atoms with Gasteiger partial charge in [0.05, 0.1) is 25.2 Å². The number of hydrogen-bond donors (Lipinski definition) is 3. The number of rotatable bonds is 52. The number of hydrogen-bond acceptors (Lipinski definition) is 5. The minimum atomic E-state index is -0.790. The highest BCUT2D eigenvalue weighted by atomic mass is 16.5. The number of nitrogens with one attached hydrogen (secondary N) is 1. The Hall–Kier alpha value is -1.66. The third kappa shape index (κ3) is 46.9. The van der Waals surface area contributed by atoms with Crippen LogP contribution < -0.4 is 5.32 Å². The second-order valence-corrected chi connectivity index (χ2v) is 19.7. The number of aliphatic hydroxyl groups excluding tert-OH is 2. The number of allylic oxidation sites excluding steroid dienone is 4. The third-order valence-electron chi connectivity index (χ3n) is 13.3. The molecule has 0 heterocycles. The van der Waals surface area contributed by atoms with Gasteiger partial charge < -0.3 is 20.3 Å². The lowest BCUT2D eigenvalue weighted by Crippen LogP contribution is -2.46. The highest BCUT2D eigenvalue weighted by molar-refractivity contribution is 5.77. The van der Waals surface area contributed by atoms with Gasteiger partial charge in [0, 0.05) is 6.42 Å². The van der Waals surface area contributed by atoms with E-state index in [1.165, 1.54) is 193 Å². The van der Waals surface area contributed by atoms with Gasteiger partial charge in [0.1, 0.15) is 6.10 Å². The van der Waals surface area contributed by atoms with Crippen LogP contribution in [-0.2, 0) is 14.3 Å². The summed E-state index contributed by atoms with van der Waals surface area (Å²) in [7, 11) is 0. The highest BCUT2D eigenvalue weighted by Gasteiger charge is 2.24. The van der Waals surface area contributed by atoms with Crippen molar-refractivity contribution in [1.82, 2.24) is 5.32 Å². The molecular weight excluding hydrogens is 791 g/mol. The van der Waals surface area contributed by atoms with E-state index in [1.54, 1.807) is 0 Å². The van der Waals surface area contributed by atoms with Crippen LogP contribution in [0.25, 0.3) is 0 Å². The number of amides is 1. The summed E-state index contributed by atoms with van der Waals surface area (Å²) in [5.41, 5.74) is 0. The number of unbranched alkanes of at least 4 members (excludes halogenated alkanes) is 36. The molecule has 0 fully saturated rings. The second kappa shape index (κ2) is 52.3. The Bertz CT molecular complexity index is 1010. The van der Waals surface area contributed by atoms with Crippen LogP contribution in [0.1, 0.15) is 310 Å². The molecule has 64 heavy (non-hydrogen) atoms. The summed E-state index contributed by atoms with van der Waals surface area (Å²) >= 11 is 0. The first-order valence-corrected chi connectivity index (χ1v) is 28.6. The van der Waals surface area contributed by atoms with Gasteiger partial charge in [-0.3, -0.25) is 9.59 Å². The smallest absolute Gasteiger partial charge is 0.306 e. The molecule has 0 aromatic carbocycles. The van der Waals surface area contributed by atoms with Crippen molar-refractivity contribution in [2.24, 2.45) is 0 Å². The van der Waals surface area contributed by atoms with Crippen molar-refractivity contribution in [2.45, 2.75) is 328 Å². The summed E-state index contributed by atoms with van der Waals surface area (Å²) in [6.45, 7) is 6.48. The molecule has 0 aliphatic heterocycles. The monoisotopic (exact) mass is 902 g/mol. The molecule has 1 amide bonds. The molecule has 3 atom stereocenters. The maximum absolute atomic E-state index is 13.2. The first-order chi connectivity index (χ1) is 31.5. The van der Waals surface area contributed by atoms with Gasteiger partial charge in [0.2, 0.25) is 5.91 Å². The minimum Gasteiger partial charge on any atom is -0.462 e. The second-order valence-electron chi connectivity index (χ2n) is 19.7. The Balaban J connectivity index is 4.41. The Labute approximate surface area is 399 Å². The summed E-state index contributed by atoms with van der Waals surface area (Å²) in [5.74, 6) is -0.486. The zero-order chi connectivity index (χ0) is 46.7. The van der Waals surface area contributed by atoms with Gasteiger partial charge in [0.15, 0.2) is 0 Å². The molecule has 0 bridgehead atoms. The van der Waals surface area contributed by atoms with Gasteiger partial charge in [-0.1, -0.05) is 244 Å². The van der Waals surface area contributed by atoms with Crippen molar-refractivity contribution in [3.8, 4) is 0 Å². The average Bonchev–Trinajstić information content (AvgIpc) is 3.29. The number of ether oxygens (including phenoxy) is 1. The van der Waals surface area contributed by atoms with Gasteiger partial charge in [0.25, 0.3) is 0 Å². The number of aliphatic hydroxyl groups is 2. The van der Waals surface area contributed by atoms with Crippen LogP contribution in [0.2, 0.25) is 0 Å². The van der Waals surface area contributed by atoms with E-state index in [2.05, 4.69) is 50.4 Å². The lowest BCUT2D eigenvalue weighted by atomic mass is 10.0. The van der Waals surface area contributed by atoms with Gasteiger partial charge in [-0.25, -0.2) is 0 Å². The van der Waals surface area contributed by atoms with Crippen LogP contribution >= 0.6 is 0 Å². The maximum Gasteiger partial charge on any atom is 0.306 e. The van der Waals surface area contributed by atoms with Gasteiger partial charge in [-0.05, 0) is 77.0 Å². The Morgan fingerprint density at radius 1 is 0.438 bits per heavy atom. The van der Waals surface area contributed by atoms with Gasteiger partial charge in [-0.2, -0.15) is 0 Å². The molecule has 0 saturated heterocycles. The highest BCUT2D eigenvalue weighted by Crippen LogP contribution is 2.18. The zero-order valence-electron chi connectivity index (χ0n) is 43.2. The molecule has 6 heteroatoms. The summed E-state index contributed by atoms with van der Waals surface area (Å²) in [4.78, 5) is 26.2. The maximum atomic E-state index is 13.2. The first kappa shape index (κ1) is 62.3. The van der Waals surface area contributed by atoms with Crippen LogP contribution in [0.3, 0.4) is 0 Å². The molecule has 0 rings (SSSR count). The lowest BCUT2D eigenvalue weighted by Gasteiger charge is -2.24. The molecule has 378 valence electrons. The van der Waals surface area contributed by atoms with E-state index < -0.39 is 18.2 Å². The number of carbonyl (C=O) groups is 2. The van der Waals surface area contributed by atoms with Crippen molar-refractivity contribution in [3.63, 3.8) is 0 Å². The SMILES string of the molecule is CCCCC/C=C\CCCCCC(CC(=O)NC(CO)C(O)CCCCCCCCCCCCCCCCCCC)OC(=O)CCCCCCC/C=C/CCCCCCCCCCC. The Morgan fingerprint density at radius 2 is 0.750 bits per heavy atom. The van der Waals surface area contributed by atoms with E-state index in [0.717, 1.165) is 70.6 Å². The Kier molecular flexibility index (Phi) is 51.0. The fraction of sp³-hybridized carbons (Fsp3) is 0.897. The summed E-state index contributed by atoms with van der Waals surface area (Å²) in [5, 5.41) is 23.8. The largest absolute Gasteiger partial charge is 0.462 e. The fourth-order valence-electron chi connectivity index (χ4n) is 8.89. The number of carbonyl (C=O) groups excluding carboxylic acids is 2. The summed E-state index contributed by atoms with van der Waals surface area (Å²) < 4.78 is 5.93. The van der Waals surface area contributed by atoms with E-state index in [9.17, 15) is 19.8 Å². The molecule has 0 aromatic heterocycles. The molecule has 0 aliphatic rings. The Morgan fingerprint density at radius 3 is 1.16 bits per heavy atom. The normalized spacial score (nSPS) is 13.3. The molecule has 0 saturated carbocycles. The molecule has 6 nitrogen and oxygen atoms in total. The van der Waals surface area contributed by atoms with Crippen LogP contribution in [0.15, 0.2) is 24.3 Å². The standard InChI is InChI=1S/C58H111NO5/c1-4-7-10-13-16-19-22-24-26-28-30-32-34-36-39-42-45-48-51-58(63)64-54(49-46-43-40-37-21-18-15-12-9-6-3)52-57(62)59-55(53-60)56(61)50-47-44-41-38-35-33-31-29-27-25-23-20-17-14-11-8-5-2/h18,21,30,32,54-56,60-61H,4-17,19-20,22-29,31,33-53H2,1-3H3,(H,59,62)/b21-18-,32-30+. The van der Waals surface area contributed by atoms with Crippen LogP contribution in [0, 0.1) is 0 Å². The van der Waals surface area contributed by atoms with Crippen LogP contribution in [0.5, 0.6) is 0 Å². The van der Waals surface area contributed by atoms with E-state index >= 15 is 0 Å². The van der Waals surface area contributed by atoms with Gasteiger partial charge >= 0.3 is 5.97 Å². The third-order valence-corrected chi connectivity index (χ3v) is 13.3. The van der Waals surface area contributed by atoms with E-state index in [-0.39, 0.29) is 24.9 Å². The molecular formula is C58H111NO5. The van der Waals surface area contributed by atoms with Crippen molar-refractivity contribution >= 4 is 11.9 Å². The number of esters is 1. The van der Waals surface area contributed by atoms with Gasteiger partial charge in [-0.15, -0.1) is 0 Å². The van der Waals surface area contributed by atoms with E-state index in [0.29, 0.717) is 19.3 Å². The summed E-state index contributed by atoms with van der Waals surface area (Å²) in [6, 6.07) is -0.704. The summed E-state index contributed by atoms with van der Waals surface area (Å²) in [6.07, 6.45) is 61.1. The lowest BCUT2D eigenvalue weighted by molar-refractivity contribution is -0.151. The predicted octanol–water partition coefficient (Wildman–Crippen LogP) is 17.5. The molecule has 0 aromatic rings. The minimum absolute atomic E-state index is 0.0675. The molecule has 0 spiro atoms. The molecule has 3 unspecified atom stereocenters. The topological polar surface area (TPSA) is 95.9 Å². The molecule has 0 aliphatic carbocycles. The van der Waals surface area contributed by atoms with Crippen molar-refractivity contribution < 1.29 is 24.5 Å². The quantitative estimate of drug-likeness (QED) is 0.0321. The van der Waals surface area contributed by atoms with E-state index in [1.807, 2.05) is 0 Å². The fourth-order valence-corrected chi connectivity index (χ4v) is 8.89. The average molecular weight is 903 g/mol. The van der Waals surface area contributed by atoms with Crippen molar-refractivity contribution in [1.29, 1.82) is 0 Å². The molecule has 3 N–H and O–H groups in total. The van der Waals surface area contributed by atoms with Crippen molar-refractivity contribution in [2.75, 3.05) is 6.61 Å². The molecule has 0 radical (unpaired) electrons. The van der Waals surface area contributed by atoms with Crippen LogP contribution in [-0.4, -0.2) is 46.9 Å².